The molecule has 2 nitrogen and oxygen atoms in total. The Labute approximate surface area is 93.6 Å². The smallest absolute Gasteiger partial charge is 0.0715 e. The molecule has 0 radical (unpaired) electrons. The summed E-state index contributed by atoms with van der Waals surface area (Å²) in [5, 5.41) is 0. The first kappa shape index (κ1) is 11.7. The van der Waals surface area contributed by atoms with Gasteiger partial charge in [0.15, 0.2) is 0 Å². The van der Waals surface area contributed by atoms with Gasteiger partial charge in [-0.05, 0) is 35.7 Å². The van der Waals surface area contributed by atoms with E-state index in [9.17, 15) is 0 Å². The third kappa shape index (κ3) is 2.80. The van der Waals surface area contributed by atoms with Crippen molar-refractivity contribution >= 4 is 15.9 Å². The number of hydrogen-bond acceptors (Lipinski definition) is 2. The largest absolute Gasteiger partial charge is 0.380 e. The lowest BCUT2D eigenvalue weighted by atomic mass is 9.96. The summed E-state index contributed by atoms with van der Waals surface area (Å²) in [6, 6.07) is 6.22. The summed E-state index contributed by atoms with van der Waals surface area (Å²) in [6.07, 6.45) is 0. The minimum atomic E-state index is 0.373. The fraction of sp³-hybridized carbons (Fsp3) is 0.455. The maximum Gasteiger partial charge on any atom is 0.0715 e. The minimum Gasteiger partial charge on any atom is -0.380 e. The molecule has 1 unspecified atom stereocenters. The molecule has 0 saturated carbocycles. The molecule has 14 heavy (non-hydrogen) atoms. The molecule has 2 N–H and O–H groups in total. The van der Waals surface area contributed by atoms with Gasteiger partial charge < -0.3 is 10.5 Å². The number of halogens is 1. The number of ether oxygens (including phenoxy) is 1. The Morgan fingerprint density at radius 1 is 1.50 bits per heavy atom. The van der Waals surface area contributed by atoms with Gasteiger partial charge in [-0.1, -0.05) is 28.9 Å². The Morgan fingerprint density at radius 2 is 2.21 bits per heavy atom. The van der Waals surface area contributed by atoms with Crippen molar-refractivity contribution in [1.29, 1.82) is 0 Å². The molecule has 3 heteroatoms. The van der Waals surface area contributed by atoms with Crippen LogP contribution in [0.1, 0.15) is 24.0 Å². The lowest BCUT2D eigenvalue weighted by Crippen LogP contribution is -2.11. The van der Waals surface area contributed by atoms with Crippen LogP contribution in [-0.4, -0.2) is 13.7 Å². The Bertz CT molecular complexity index is 301. The number of hydrogen-bond donors (Lipinski definition) is 1. The molecule has 0 spiro atoms. The monoisotopic (exact) mass is 257 g/mol. The number of nitrogens with two attached hydrogens (primary N) is 1. The van der Waals surface area contributed by atoms with E-state index in [0.717, 1.165) is 4.47 Å². The summed E-state index contributed by atoms with van der Waals surface area (Å²) in [5.74, 6) is 0.373. The quantitative estimate of drug-likeness (QED) is 0.901. The van der Waals surface area contributed by atoms with Crippen LogP contribution in [0.15, 0.2) is 22.7 Å². The molecule has 0 aliphatic rings. The van der Waals surface area contributed by atoms with E-state index >= 15 is 0 Å². The van der Waals surface area contributed by atoms with Crippen LogP contribution in [0.25, 0.3) is 0 Å². The molecule has 0 fully saturated rings. The SMILES string of the molecule is COCc1ccc(Br)cc1C(C)CN. The van der Waals surface area contributed by atoms with Gasteiger partial charge >= 0.3 is 0 Å². The van der Waals surface area contributed by atoms with Gasteiger partial charge in [0, 0.05) is 11.6 Å². The van der Waals surface area contributed by atoms with Crippen molar-refractivity contribution in [3.8, 4) is 0 Å². The highest BCUT2D eigenvalue weighted by Gasteiger charge is 2.09. The average molecular weight is 258 g/mol. The van der Waals surface area contributed by atoms with Crippen LogP contribution in [0, 0.1) is 0 Å². The van der Waals surface area contributed by atoms with Crippen LogP contribution in [0.2, 0.25) is 0 Å². The molecule has 1 rings (SSSR count). The second-order valence-corrected chi connectivity index (χ2v) is 4.33. The van der Waals surface area contributed by atoms with Gasteiger partial charge in [-0.15, -0.1) is 0 Å². The molecule has 0 aliphatic carbocycles. The van der Waals surface area contributed by atoms with Crippen LogP contribution in [0.5, 0.6) is 0 Å². The second kappa shape index (κ2) is 5.49. The zero-order valence-electron chi connectivity index (χ0n) is 8.59. The summed E-state index contributed by atoms with van der Waals surface area (Å²) in [5.41, 5.74) is 8.15. The molecule has 1 aromatic rings. The van der Waals surface area contributed by atoms with Gasteiger partial charge in [0.1, 0.15) is 0 Å². The van der Waals surface area contributed by atoms with Crippen LogP contribution in [0.4, 0.5) is 0 Å². The van der Waals surface area contributed by atoms with Gasteiger partial charge in [0.05, 0.1) is 6.61 Å². The van der Waals surface area contributed by atoms with Gasteiger partial charge in [0.2, 0.25) is 0 Å². The van der Waals surface area contributed by atoms with Crippen molar-refractivity contribution in [1.82, 2.24) is 0 Å². The standard InChI is InChI=1S/C11H16BrNO/c1-8(6-13)11-5-10(12)4-3-9(11)7-14-2/h3-5,8H,6-7,13H2,1-2H3. The van der Waals surface area contributed by atoms with E-state index in [1.54, 1.807) is 7.11 Å². The molecule has 0 amide bonds. The van der Waals surface area contributed by atoms with Crippen molar-refractivity contribution in [3.05, 3.63) is 33.8 Å². The lowest BCUT2D eigenvalue weighted by Gasteiger charge is -2.14. The van der Waals surface area contributed by atoms with Crippen molar-refractivity contribution in [2.75, 3.05) is 13.7 Å². The van der Waals surface area contributed by atoms with E-state index in [1.807, 2.05) is 6.07 Å². The molecule has 0 saturated heterocycles. The third-order valence-electron chi connectivity index (χ3n) is 2.29. The summed E-state index contributed by atoms with van der Waals surface area (Å²) >= 11 is 3.46. The maximum absolute atomic E-state index is 5.66. The molecule has 0 aromatic heterocycles. The molecular weight excluding hydrogens is 242 g/mol. The van der Waals surface area contributed by atoms with Crippen molar-refractivity contribution in [3.63, 3.8) is 0 Å². The van der Waals surface area contributed by atoms with Gasteiger partial charge in [-0.3, -0.25) is 0 Å². The highest BCUT2D eigenvalue weighted by molar-refractivity contribution is 9.10. The molecule has 1 atom stereocenters. The predicted octanol–water partition coefficient (Wildman–Crippen LogP) is 2.66. The second-order valence-electron chi connectivity index (χ2n) is 3.41. The normalized spacial score (nSPS) is 12.9. The fourth-order valence-corrected chi connectivity index (χ4v) is 1.82. The Kier molecular flexibility index (Phi) is 4.58. The van der Waals surface area contributed by atoms with E-state index in [4.69, 9.17) is 10.5 Å². The van der Waals surface area contributed by atoms with Crippen LogP contribution < -0.4 is 5.73 Å². The summed E-state index contributed by atoms with van der Waals surface area (Å²) in [6.45, 7) is 3.43. The minimum absolute atomic E-state index is 0.373. The van der Waals surface area contributed by atoms with Crippen LogP contribution in [0.3, 0.4) is 0 Å². The van der Waals surface area contributed by atoms with Crippen molar-refractivity contribution < 1.29 is 4.74 Å². The van der Waals surface area contributed by atoms with Crippen LogP contribution >= 0.6 is 15.9 Å². The molecule has 0 aliphatic heterocycles. The van der Waals surface area contributed by atoms with Gasteiger partial charge in [-0.25, -0.2) is 0 Å². The molecule has 78 valence electrons. The van der Waals surface area contributed by atoms with Gasteiger partial charge in [-0.2, -0.15) is 0 Å². The molecular formula is C11H16BrNO. The number of benzene rings is 1. The molecule has 0 bridgehead atoms. The van der Waals surface area contributed by atoms with Crippen molar-refractivity contribution in [2.45, 2.75) is 19.4 Å². The molecule has 1 aromatic carbocycles. The summed E-state index contributed by atoms with van der Waals surface area (Å²) in [7, 11) is 1.71. The third-order valence-corrected chi connectivity index (χ3v) is 2.79. The van der Waals surface area contributed by atoms with Crippen LogP contribution in [-0.2, 0) is 11.3 Å². The van der Waals surface area contributed by atoms with Gasteiger partial charge in [0.25, 0.3) is 0 Å². The average Bonchev–Trinajstić information content (AvgIpc) is 2.20. The zero-order chi connectivity index (χ0) is 10.6. The summed E-state index contributed by atoms with van der Waals surface area (Å²) in [4.78, 5) is 0. The van der Waals surface area contributed by atoms with Crippen molar-refractivity contribution in [2.24, 2.45) is 5.73 Å². The number of methoxy groups -OCH3 is 1. The van der Waals surface area contributed by atoms with E-state index in [0.29, 0.717) is 19.1 Å². The highest BCUT2D eigenvalue weighted by atomic mass is 79.9. The fourth-order valence-electron chi connectivity index (χ4n) is 1.44. The maximum atomic E-state index is 5.66. The Hall–Kier alpha value is -0.380. The van der Waals surface area contributed by atoms with E-state index in [-0.39, 0.29) is 0 Å². The summed E-state index contributed by atoms with van der Waals surface area (Å²) < 4.78 is 6.24. The first-order valence-corrected chi connectivity index (χ1v) is 5.45. The molecule has 0 heterocycles. The zero-order valence-corrected chi connectivity index (χ0v) is 10.2. The highest BCUT2D eigenvalue weighted by Crippen LogP contribution is 2.24. The Balaban J connectivity index is 3.02. The predicted molar refractivity (Wildman–Crippen MR) is 62.3 cm³/mol. The first-order chi connectivity index (χ1) is 6.69. The number of rotatable bonds is 4. The topological polar surface area (TPSA) is 35.2 Å². The lowest BCUT2D eigenvalue weighted by molar-refractivity contribution is 0.184. The van der Waals surface area contributed by atoms with E-state index in [2.05, 4.69) is 35.0 Å². The van der Waals surface area contributed by atoms with E-state index < -0.39 is 0 Å². The van der Waals surface area contributed by atoms with E-state index in [1.165, 1.54) is 11.1 Å². The Morgan fingerprint density at radius 3 is 2.79 bits per heavy atom. The first-order valence-electron chi connectivity index (χ1n) is 4.66.